The highest BCUT2D eigenvalue weighted by molar-refractivity contribution is 8.13. The number of hydrogen-bond acceptors (Lipinski definition) is 5. The summed E-state index contributed by atoms with van der Waals surface area (Å²) in [5, 5.41) is 0.148. The van der Waals surface area contributed by atoms with Gasteiger partial charge < -0.3 is 4.74 Å². The van der Waals surface area contributed by atoms with Gasteiger partial charge >= 0.3 is 5.97 Å². The number of carbonyl (C=O) groups excluding carboxylic acids is 2. The van der Waals surface area contributed by atoms with E-state index in [0.29, 0.717) is 5.92 Å². The summed E-state index contributed by atoms with van der Waals surface area (Å²) in [5.41, 5.74) is -0.414. The van der Waals surface area contributed by atoms with Crippen molar-refractivity contribution in [2.75, 3.05) is 17.3 Å². The fourth-order valence-electron chi connectivity index (χ4n) is 1.88. The predicted octanol–water partition coefficient (Wildman–Crippen LogP) is 2.98. The lowest BCUT2D eigenvalue weighted by molar-refractivity contribution is -0.160. The molecule has 1 heterocycles. The minimum atomic E-state index is -0.414. The first kappa shape index (κ1) is 15.9. The fraction of sp³-hybridized carbons (Fsp3) is 0.846. The van der Waals surface area contributed by atoms with Crippen LogP contribution in [0, 0.1) is 11.8 Å². The van der Waals surface area contributed by atoms with Gasteiger partial charge in [-0.2, -0.15) is 11.8 Å². The van der Waals surface area contributed by atoms with Crippen LogP contribution in [0.15, 0.2) is 0 Å². The van der Waals surface area contributed by atoms with Crippen LogP contribution in [-0.2, 0) is 14.3 Å². The van der Waals surface area contributed by atoms with Gasteiger partial charge in [0, 0.05) is 18.4 Å². The molecule has 0 aromatic rings. The van der Waals surface area contributed by atoms with E-state index in [2.05, 4.69) is 0 Å². The standard InChI is InChI=1S/C13H22O3S2/c1-9(14)18-6-5-10-7-17-8-11(10)12(15)16-13(2,3)4/h10-11H,5-8H2,1-4H3/t10-,11-/m1/s1. The Morgan fingerprint density at radius 1 is 1.33 bits per heavy atom. The van der Waals surface area contributed by atoms with Crippen LogP contribution in [0.4, 0.5) is 0 Å². The lowest BCUT2D eigenvalue weighted by atomic mass is 9.93. The molecule has 1 fully saturated rings. The summed E-state index contributed by atoms with van der Waals surface area (Å²) in [5.74, 6) is 2.94. The van der Waals surface area contributed by atoms with Gasteiger partial charge in [0.25, 0.3) is 0 Å². The van der Waals surface area contributed by atoms with Gasteiger partial charge in [-0.15, -0.1) is 0 Å². The molecule has 0 amide bonds. The van der Waals surface area contributed by atoms with Gasteiger partial charge in [0.15, 0.2) is 5.12 Å². The molecular formula is C13H22O3S2. The lowest BCUT2D eigenvalue weighted by Gasteiger charge is -2.24. The Labute approximate surface area is 118 Å². The molecule has 104 valence electrons. The van der Waals surface area contributed by atoms with E-state index in [4.69, 9.17) is 4.74 Å². The summed E-state index contributed by atoms with van der Waals surface area (Å²) in [6.45, 7) is 7.27. The van der Waals surface area contributed by atoms with Crippen molar-refractivity contribution in [3.8, 4) is 0 Å². The van der Waals surface area contributed by atoms with Crippen molar-refractivity contribution in [1.82, 2.24) is 0 Å². The monoisotopic (exact) mass is 290 g/mol. The van der Waals surface area contributed by atoms with Crippen LogP contribution < -0.4 is 0 Å². The highest BCUT2D eigenvalue weighted by Crippen LogP contribution is 2.34. The highest BCUT2D eigenvalue weighted by Gasteiger charge is 2.36. The molecule has 0 bridgehead atoms. The van der Waals surface area contributed by atoms with Crippen LogP contribution in [0.2, 0.25) is 0 Å². The maximum absolute atomic E-state index is 12.1. The summed E-state index contributed by atoms with van der Waals surface area (Å²) >= 11 is 3.15. The first-order chi connectivity index (χ1) is 8.29. The van der Waals surface area contributed by atoms with E-state index in [0.717, 1.165) is 23.7 Å². The average Bonchev–Trinajstić information content (AvgIpc) is 2.62. The van der Waals surface area contributed by atoms with Crippen molar-refractivity contribution >= 4 is 34.6 Å². The third-order valence-electron chi connectivity index (χ3n) is 2.70. The summed E-state index contributed by atoms with van der Waals surface area (Å²) in [6, 6.07) is 0. The number of thioether (sulfide) groups is 2. The Hall–Kier alpha value is -0.160. The molecule has 0 aliphatic carbocycles. The topological polar surface area (TPSA) is 43.4 Å². The van der Waals surface area contributed by atoms with E-state index in [1.54, 1.807) is 6.92 Å². The van der Waals surface area contributed by atoms with Crippen molar-refractivity contribution in [1.29, 1.82) is 0 Å². The fourth-order valence-corrected chi connectivity index (χ4v) is 4.08. The van der Waals surface area contributed by atoms with Gasteiger partial charge in [-0.3, -0.25) is 9.59 Å². The van der Waals surface area contributed by atoms with Crippen molar-refractivity contribution in [2.24, 2.45) is 11.8 Å². The molecule has 5 heteroatoms. The summed E-state index contributed by atoms with van der Waals surface area (Å²) < 4.78 is 5.45. The average molecular weight is 290 g/mol. The third-order valence-corrected chi connectivity index (χ3v) is 4.81. The lowest BCUT2D eigenvalue weighted by Crippen LogP contribution is -2.32. The maximum Gasteiger partial charge on any atom is 0.310 e. The Morgan fingerprint density at radius 2 is 2.00 bits per heavy atom. The molecule has 0 saturated carbocycles. The van der Waals surface area contributed by atoms with E-state index in [1.165, 1.54) is 11.8 Å². The second-order valence-electron chi connectivity index (χ2n) is 5.57. The Bertz CT molecular complexity index is 310. The van der Waals surface area contributed by atoms with Crippen molar-refractivity contribution in [2.45, 2.75) is 39.7 Å². The minimum absolute atomic E-state index is 0.00165. The van der Waals surface area contributed by atoms with Crippen LogP contribution in [-0.4, -0.2) is 33.9 Å². The van der Waals surface area contributed by atoms with Gasteiger partial charge in [0.05, 0.1) is 5.92 Å². The van der Waals surface area contributed by atoms with E-state index in [-0.39, 0.29) is 17.0 Å². The maximum atomic E-state index is 12.1. The van der Waals surface area contributed by atoms with E-state index in [1.807, 2.05) is 32.5 Å². The number of rotatable bonds is 4. The first-order valence-electron chi connectivity index (χ1n) is 6.23. The summed E-state index contributed by atoms with van der Waals surface area (Å²) in [7, 11) is 0. The molecule has 3 nitrogen and oxygen atoms in total. The van der Waals surface area contributed by atoms with Gasteiger partial charge in [-0.05, 0) is 38.9 Å². The van der Waals surface area contributed by atoms with Crippen LogP contribution in [0.3, 0.4) is 0 Å². The third kappa shape index (κ3) is 5.65. The molecule has 0 N–H and O–H groups in total. The molecule has 18 heavy (non-hydrogen) atoms. The van der Waals surface area contributed by atoms with Gasteiger partial charge in [0.2, 0.25) is 0 Å². The number of carbonyl (C=O) groups is 2. The zero-order valence-corrected chi connectivity index (χ0v) is 13.2. The van der Waals surface area contributed by atoms with Crippen LogP contribution in [0.5, 0.6) is 0 Å². The SMILES string of the molecule is CC(=O)SCC[C@@H]1CSC[C@H]1C(=O)OC(C)(C)C. The number of hydrogen-bond donors (Lipinski definition) is 0. The number of esters is 1. The smallest absolute Gasteiger partial charge is 0.310 e. The van der Waals surface area contributed by atoms with Crippen LogP contribution in [0.1, 0.15) is 34.1 Å². The van der Waals surface area contributed by atoms with Crippen LogP contribution in [0.25, 0.3) is 0 Å². The Balaban J connectivity index is 2.43. The molecule has 0 aromatic heterocycles. The predicted molar refractivity (Wildman–Crippen MR) is 77.9 cm³/mol. The van der Waals surface area contributed by atoms with E-state index < -0.39 is 5.60 Å². The minimum Gasteiger partial charge on any atom is -0.460 e. The van der Waals surface area contributed by atoms with Crippen molar-refractivity contribution < 1.29 is 14.3 Å². The molecule has 1 aliphatic rings. The van der Waals surface area contributed by atoms with E-state index >= 15 is 0 Å². The Morgan fingerprint density at radius 3 is 2.56 bits per heavy atom. The molecule has 0 aromatic carbocycles. The molecule has 0 spiro atoms. The van der Waals surface area contributed by atoms with E-state index in [9.17, 15) is 9.59 Å². The molecule has 2 atom stereocenters. The summed E-state index contributed by atoms with van der Waals surface area (Å²) in [6.07, 6.45) is 0.918. The van der Waals surface area contributed by atoms with Gasteiger partial charge in [-0.25, -0.2) is 0 Å². The van der Waals surface area contributed by atoms with Crippen LogP contribution >= 0.6 is 23.5 Å². The molecule has 1 rings (SSSR count). The zero-order chi connectivity index (χ0) is 13.8. The molecule has 0 unspecified atom stereocenters. The molecule has 0 radical (unpaired) electrons. The second-order valence-corrected chi connectivity index (χ2v) is 7.91. The Kier molecular flexibility index (Phi) is 6.05. The number of ether oxygens (including phenoxy) is 1. The van der Waals surface area contributed by atoms with Gasteiger partial charge in [0.1, 0.15) is 5.60 Å². The highest BCUT2D eigenvalue weighted by atomic mass is 32.2. The second kappa shape index (κ2) is 6.85. The van der Waals surface area contributed by atoms with Gasteiger partial charge in [-0.1, -0.05) is 11.8 Å². The molecular weight excluding hydrogens is 268 g/mol. The molecule has 1 aliphatic heterocycles. The normalized spacial score (nSPS) is 24.0. The van der Waals surface area contributed by atoms with Crippen molar-refractivity contribution in [3.05, 3.63) is 0 Å². The van der Waals surface area contributed by atoms with Crippen molar-refractivity contribution in [3.63, 3.8) is 0 Å². The quantitative estimate of drug-likeness (QED) is 0.745. The largest absolute Gasteiger partial charge is 0.460 e. The summed E-state index contributed by atoms with van der Waals surface area (Å²) in [4.78, 5) is 22.9. The zero-order valence-electron chi connectivity index (χ0n) is 11.5. The molecule has 1 saturated heterocycles. The first-order valence-corrected chi connectivity index (χ1v) is 8.37.